The number of hydrogen-bond acceptors (Lipinski definition) is 10. The zero-order valence-corrected chi connectivity index (χ0v) is 24.9. The number of aryl methyl sites for hydroxylation is 2. The third kappa shape index (κ3) is 4.95. The molecule has 1 spiro atoms. The molecule has 2 saturated heterocycles. The summed E-state index contributed by atoms with van der Waals surface area (Å²) in [6.07, 6.45) is 5.16. The van der Waals surface area contributed by atoms with Crippen LogP contribution in [0.25, 0.3) is 16.6 Å². The summed E-state index contributed by atoms with van der Waals surface area (Å²) in [5.41, 5.74) is 5.39. The lowest BCUT2D eigenvalue weighted by atomic mass is 9.72. The lowest BCUT2D eigenvalue weighted by Crippen LogP contribution is -2.73. The summed E-state index contributed by atoms with van der Waals surface area (Å²) in [5.74, 6) is -1.08. The first-order valence-corrected chi connectivity index (χ1v) is 14.3. The van der Waals surface area contributed by atoms with Crippen molar-refractivity contribution in [3.63, 3.8) is 0 Å². The summed E-state index contributed by atoms with van der Waals surface area (Å²) in [6, 6.07) is 13.7. The number of rotatable bonds is 6. The Bertz CT molecular complexity index is 1890. The number of nitrogens with zero attached hydrogens (tertiary/aromatic N) is 7. The van der Waals surface area contributed by atoms with E-state index in [4.69, 9.17) is 14.9 Å². The van der Waals surface area contributed by atoms with Crippen LogP contribution in [0.15, 0.2) is 73.0 Å². The van der Waals surface area contributed by atoms with Crippen LogP contribution >= 0.6 is 0 Å². The molecule has 2 aromatic carbocycles. The molecule has 4 N–H and O–H groups in total. The van der Waals surface area contributed by atoms with Gasteiger partial charge in [-0.3, -0.25) is 4.79 Å². The highest BCUT2D eigenvalue weighted by molar-refractivity contribution is 5.92. The molecule has 228 valence electrons. The van der Waals surface area contributed by atoms with Gasteiger partial charge in [-0.05, 0) is 48.9 Å². The number of carbonyl (C=O) groups excluding carboxylic acids is 1. The van der Waals surface area contributed by atoms with Crippen molar-refractivity contribution in [2.45, 2.75) is 20.8 Å². The molecule has 0 radical (unpaired) electrons. The topological polar surface area (TPSA) is 154 Å². The second-order valence-corrected chi connectivity index (χ2v) is 11.0. The smallest absolute Gasteiger partial charge is 0.324 e. The molecule has 44 heavy (non-hydrogen) atoms. The first-order chi connectivity index (χ1) is 21.2. The number of fused-ring (bicyclic) bond motifs is 2. The molecule has 2 aliphatic heterocycles. The fourth-order valence-corrected chi connectivity index (χ4v) is 5.86. The van der Waals surface area contributed by atoms with Crippen LogP contribution in [0.5, 0.6) is 11.5 Å². The summed E-state index contributed by atoms with van der Waals surface area (Å²) < 4.78 is 9.91. The molecule has 0 aliphatic carbocycles. The van der Waals surface area contributed by atoms with Crippen LogP contribution in [0.1, 0.15) is 19.4 Å². The molecule has 1 amide bonds. The normalized spacial score (nSPS) is 14.9. The highest BCUT2D eigenvalue weighted by Crippen LogP contribution is 2.44. The quantitative estimate of drug-likeness (QED) is 0.155. The molecule has 7 rings (SSSR count). The van der Waals surface area contributed by atoms with Gasteiger partial charge in [0.1, 0.15) is 23.3 Å². The lowest BCUT2D eigenvalue weighted by molar-refractivity contribution is -0.144. The van der Waals surface area contributed by atoms with Crippen molar-refractivity contribution in [1.82, 2.24) is 29.0 Å². The number of carbonyl (C=O) groups is 1. The van der Waals surface area contributed by atoms with Gasteiger partial charge in [0.25, 0.3) is 11.7 Å². The molecular weight excluding hydrogens is 564 g/mol. The van der Waals surface area contributed by atoms with E-state index in [9.17, 15) is 9.90 Å². The monoisotopic (exact) mass is 598 g/mol. The van der Waals surface area contributed by atoms with Crippen LogP contribution in [0, 0.1) is 12.3 Å². The summed E-state index contributed by atoms with van der Waals surface area (Å²) >= 11 is 0. The Labute approximate surface area is 253 Å². The molecular formula is C31H34N8O5. The fraction of sp³-hybridized carbons (Fsp3) is 0.290. The van der Waals surface area contributed by atoms with E-state index in [-0.39, 0.29) is 5.41 Å². The Morgan fingerprint density at radius 1 is 1.00 bits per heavy atom. The third-order valence-electron chi connectivity index (χ3n) is 7.94. The number of ether oxygens (including phenoxy) is 1. The first-order valence-electron chi connectivity index (χ1n) is 14.3. The summed E-state index contributed by atoms with van der Waals surface area (Å²) in [5, 5.41) is 35.3. The van der Waals surface area contributed by atoms with Gasteiger partial charge in [0, 0.05) is 56.6 Å². The van der Waals surface area contributed by atoms with Gasteiger partial charge in [-0.1, -0.05) is 13.8 Å². The van der Waals surface area contributed by atoms with Crippen molar-refractivity contribution in [3.8, 4) is 11.5 Å². The second-order valence-electron chi connectivity index (χ2n) is 11.0. The number of benzene rings is 2. The molecule has 13 nitrogen and oxygen atoms in total. The van der Waals surface area contributed by atoms with Crippen LogP contribution in [0.2, 0.25) is 0 Å². The lowest BCUT2D eigenvalue weighted by Gasteiger charge is -2.60. The van der Waals surface area contributed by atoms with E-state index < -0.39 is 17.6 Å². The molecule has 0 unspecified atom stereocenters. The average Bonchev–Trinajstić information content (AvgIpc) is 3.57. The van der Waals surface area contributed by atoms with E-state index in [1.807, 2.05) is 81.0 Å². The van der Waals surface area contributed by atoms with Crippen molar-refractivity contribution in [1.29, 1.82) is 0 Å². The van der Waals surface area contributed by atoms with Gasteiger partial charge in [-0.2, -0.15) is 5.10 Å². The second kappa shape index (κ2) is 11.0. The average molecular weight is 599 g/mol. The van der Waals surface area contributed by atoms with Crippen LogP contribution in [-0.4, -0.2) is 76.5 Å². The summed E-state index contributed by atoms with van der Waals surface area (Å²) in [7, 11) is 1.96. The summed E-state index contributed by atoms with van der Waals surface area (Å²) in [6.45, 7) is 8.25. The molecule has 13 heteroatoms. The predicted octanol–water partition coefficient (Wildman–Crippen LogP) is 4.98. The van der Waals surface area contributed by atoms with Crippen LogP contribution < -0.4 is 15.0 Å². The first kappa shape index (κ1) is 28.6. The maximum atomic E-state index is 12.1. The van der Waals surface area contributed by atoms with Gasteiger partial charge in [0.05, 0.1) is 23.0 Å². The zero-order chi connectivity index (χ0) is 31.2. The maximum absolute atomic E-state index is 12.1. The Morgan fingerprint density at radius 3 is 2.50 bits per heavy atom. The van der Waals surface area contributed by atoms with E-state index in [0.29, 0.717) is 37.7 Å². The molecule has 0 atom stereocenters. The highest BCUT2D eigenvalue weighted by Gasteiger charge is 2.54. The van der Waals surface area contributed by atoms with Gasteiger partial charge >= 0.3 is 5.95 Å². The van der Waals surface area contributed by atoms with Crippen LogP contribution in [0.4, 0.5) is 17.2 Å². The van der Waals surface area contributed by atoms with E-state index >= 15 is 0 Å². The maximum Gasteiger partial charge on any atom is 0.324 e. The molecule has 5 heterocycles. The van der Waals surface area contributed by atoms with E-state index in [1.54, 1.807) is 10.8 Å². The van der Waals surface area contributed by atoms with Crippen molar-refractivity contribution in [3.05, 3.63) is 78.6 Å². The van der Waals surface area contributed by atoms with Gasteiger partial charge in [0.15, 0.2) is 5.82 Å². The Balaban J connectivity index is 0.00000168. The fourth-order valence-electron chi connectivity index (χ4n) is 5.86. The molecule has 3 aromatic heterocycles. The number of hydrogen-bond donors (Lipinski definition) is 4. The number of anilines is 3. The number of likely N-dealkylation sites (tertiary alicyclic amines) is 1. The molecule has 0 bridgehead atoms. The minimum Gasteiger partial charge on any atom is -0.498 e. The van der Waals surface area contributed by atoms with E-state index in [1.165, 1.54) is 11.2 Å². The van der Waals surface area contributed by atoms with Crippen molar-refractivity contribution >= 4 is 39.6 Å². The standard InChI is InChI=1S/C29H28N8O5.C2H6/c1-17-9-18(3-6-23(17)42-19-4-5-21-20(10-19)31-16-34(21)2)33-26-24-22(7-8-37(24)32-15-30-26)35-11-29(12-35)13-36(14-29)27(39)25(38)28(40)41;1-2/h3-10,15-16,38,40-41H,11-14H2,1-2H3,(H,30,32,33);1-2H3. The van der Waals surface area contributed by atoms with Gasteiger partial charge in [-0.25, -0.2) is 14.5 Å². The van der Waals surface area contributed by atoms with Gasteiger partial charge in [-0.15, -0.1) is 0 Å². The number of aliphatic hydroxyl groups excluding tert-OH is 2. The van der Waals surface area contributed by atoms with Crippen LogP contribution in [0.3, 0.4) is 0 Å². The molecule has 0 saturated carbocycles. The third-order valence-corrected chi connectivity index (χ3v) is 7.94. The number of aliphatic hydroxyl groups is 3. The van der Waals surface area contributed by atoms with Crippen LogP contribution in [-0.2, 0) is 11.8 Å². The van der Waals surface area contributed by atoms with Gasteiger partial charge < -0.3 is 39.7 Å². The van der Waals surface area contributed by atoms with E-state index in [0.717, 1.165) is 39.2 Å². The minimum atomic E-state index is -1.36. The SMILES string of the molecule is CC.Cc1cc(Nc2ncnn3ccc(N4CC5(CN(C(=O)C(O)=C(O)O)C5)C4)c23)ccc1Oc1ccc2c(c1)ncn2C. The minimum absolute atomic E-state index is 0.105. The molecule has 2 aliphatic rings. The number of aromatic nitrogens is 5. The Kier molecular flexibility index (Phi) is 7.15. The largest absolute Gasteiger partial charge is 0.498 e. The number of amides is 1. The Hall–Kier alpha value is -5.46. The predicted molar refractivity (Wildman–Crippen MR) is 166 cm³/mol. The Morgan fingerprint density at radius 2 is 1.77 bits per heavy atom. The summed E-state index contributed by atoms with van der Waals surface area (Å²) in [4.78, 5) is 24.7. The highest BCUT2D eigenvalue weighted by atomic mass is 16.5. The molecule has 5 aromatic rings. The van der Waals surface area contributed by atoms with Crippen molar-refractivity contribution < 1.29 is 24.9 Å². The van der Waals surface area contributed by atoms with Gasteiger partial charge in [0.2, 0.25) is 0 Å². The number of imidazole rings is 1. The number of nitrogens with one attached hydrogen (secondary N) is 1. The van der Waals surface area contributed by atoms with Crippen molar-refractivity contribution in [2.24, 2.45) is 12.5 Å². The zero-order valence-electron chi connectivity index (χ0n) is 24.9. The van der Waals surface area contributed by atoms with E-state index in [2.05, 4.69) is 25.3 Å². The molecule has 2 fully saturated rings. The van der Waals surface area contributed by atoms with Crippen molar-refractivity contribution in [2.75, 3.05) is 36.4 Å².